The third-order valence-electron chi connectivity index (χ3n) is 8.81. The smallest absolute Gasteiger partial charge is 0.318 e. The number of nitriles is 1. The lowest BCUT2D eigenvalue weighted by molar-refractivity contribution is 0.00378. The fourth-order valence-corrected chi connectivity index (χ4v) is 6.48. The van der Waals surface area contributed by atoms with Gasteiger partial charge in [0.2, 0.25) is 0 Å². The molecular formula is C32H38N6O3. The maximum absolute atomic E-state index is 10.5. The molecule has 0 saturated carbocycles. The predicted molar refractivity (Wildman–Crippen MR) is 158 cm³/mol. The molecule has 0 bridgehead atoms. The van der Waals surface area contributed by atoms with E-state index in [-0.39, 0.29) is 12.1 Å². The minimum absolute atomic E-state index is 0.129. The van der Waals surface area contributed by atoms with E-state index in [1.54, 1.807) is 0 Å². The van der Waals surface area contributed by atoms with Crippen molar-refractivity contribution >= 4 is 16.6 Å². The zero-order chi connectivity index (χ0) is 28.3. The van der Waals surface area contributed by atoms with Gasteiger partial charge in [0.05, 0.1) is 30.9 Å². The van der Waals surface area contributed by atoms with Crippen LogP contribution in [0.5, 0.6) is 6.01 Å². The standard InChI is InChI=1S/C32H38N6O3/c1-3-30(39)38-17-16-37(19-23(38)13-14-33)31-27-21-40-29(26-12-6-9-22-8-4-5-11-25(22)26)18-28(27)34-32(35-31)41-20-24-10-7-15-36(24)2/h3-6,8-9,11-12,23-24,29-30,39H,1,7,10,13,15-21H2,2H3/t23-,24-,29-,30?/m0/s1. The number of fused-ring (bicyclic) bond motifs is 2. The van der Waals surface area contributed by atoms with Crippen LogP contribution < -0.4 is 9.64 Å². The lowest BCUT2D eigenvalue weighted by Crippen LogP contribution is -2.56. The van der Waals surface area contributed by atoms with Crippen molar-refractivity contribution in [3.05, 3.63) is 71.9 Å². The number of likely N-dealkylation sites (tertiary alicyclic amines) is 1. The molecule has 3 aliphatic heterocycles. The van der Waals surface area contributed by atoms with Crippen molar-refractivity contribution in [3.8, 4) is 12.1 Å². The average molecular weight is 555 g/mol. The Bertz CT molecular complexity index is 1440. The van der Waals surface area contributed by atoms with Crippen LogP contribution >= 0.6 is 0 Å². The van der Waals surface area contributed by atoms with E-state index < -0.39 is 6.23 Å². The number of nitrogens with zero attached hydrogens (tertiary/aromatic N) is 6. The molecule has 3 aliphatic rings. The second kappa shape index (κ2) is 12.1. The fraction of sp³-hybridized carbons (Fsp3) is 0.469. The van der Waals surface area contributed by atoms with Gasteiger partial charge in [-0.2, -0.15) is 15.2 Å². The third-order valence-corrected chi connectivity index (χ3v) is 8.81. The lowest BCUT2D eigenvalue weighted by atomic mass is 9.94. The van der Waals surface area contributed by atoms with E-state index in [1.165, 1.54) is 23.3 Å². The Balaban J connectivity index is 1.32. The Morgan fingerprint density at radius 2 is 2.02 bits per heavy atom. The molecular weight excluding hydrogens is 516 g/mol. The first-order valence-electron chi connectivity index (χ1n) is 14.6. The summed E-state index contributed by atoms with van der Waals surface area (Å²) in [5, 5.41) is 22.4. The molecule has 6 rings (SSSR count). The Labute approximate surface area is 241 Å². The highest BCUT2D eigenvalue weighted by molar-refractivity contribution is 5.86. The van der Waals surface area contributed by atoms with Gasteiger partial charge in [-0.05, 0) is 48.8 Å². The van der Waals surface area contributed by atoms with Crippen LogP contribution in [0.1, 0.15) is 42.2 Å². The molecule has 2 saturated heterocycles. The maximum atomic E-state index is 10.5. The average Bonchev–Trinajstić information content (AvgIpc) is 3.43. The Morgan fingerprint density at radius 1 is 1.17 bits per heavy atom. The minimum Gasteiger partial charge on any atom is -0.462 e. The van der Waals surface area contributed by atoms with Crippen molar-refractivity contribution in [2.24, 2.45) is 0 Å². The Kier molecular flexibility index (Phi) is 8.17. The first kappa shape index (κ1) is 27.6. The highest BCUT2D eigenvalue weighted by atomic mass is 16.5. The number of aliphatic hydroxyl groups is 1. The molecule has 0 aliphatic carbocycles. The highest BCUT2D eigenvalue weighted by Gasteiger charge is 2.35. The van der Waals surface area contributed by atoms with Crippen molar-refractivity contribution in [1.82, 2.24) is 19.8 Å². The number of hydrogen-bond acceptors (Lipinski definition) is 9. The highest BCUT2D eigenvalue weighted by Crippen LogP contribution is 2.38. The van der Waals surface area contributed by atoms with Crippen LogP contribution in [0.15, 0.2) is 55.1 Å². The van der Waals surface area contributed by atoms with Crippen molar-refractivity contribution in [3.63, 3.8) is 0 Å². The number of ether oxygens (including phenoxy) is 2. The van der Waals surface area contributed by atoms with Crippen LogP contribution in [0.25, 0.3) is 10.8 Å². The summed E-state index contributed by atoms with van der Waals surface area (Å²) < 4.78 is 12.8. The molecule has 4 atom stereocenters. The summed E-state index contributed by atoms with van der Waals surface area (Å²) >= 11 is 0. The van der Waals surface area contributed by atoms with E-state index in [0.717, 1.165) is 35.6 Å². The van der Waals surface area contributed by atoms with Gasteiger partial charge in [-0.3, -0.25) is 4.90 Å². The van der Waals surface area contributed by atoms with E-state index in [0.29, 0.717) is 57.7 Å². The van der Waals surface area contributed by atoms with Gasteiger partial charge in [0.15, 0.2) is 0 Å². The van der Waals surface area contributed by atoms with Gasteiger partial charge in [0, 0.05) is 43.7 Å². The second-order valence-electron chi connectivity index (χ2n) is 11.3. The maximum Gasteiger partial charge on any atom is 0.318 e. The fourth-order valence-electron chi connectivity index (χ4n) is 6.48. The SMILES string of the molecule is C=CC(O)N1CCN(c2nc(OC[C@@H]3CCCN3C)nc3c2CO[C@H](c2cccc4ccccc24)C3)C[C@@H]1CC#N. The molecule has 1 aromatic heterocycles. The van der Waals surface area contributed by atoms with E-state index >= 15 is 0 Å². The number of piperazine rings is 1. The molecule has 3 aromatic rings. The van der Waals surface area contributed by atoms with Crippen LogP contribution in [0, 0.1) is 11.3 Å². The van der Waals surface area contributed by atoms with Gasteiger partial charge in [-0.15, -0.1) is 0 Å². The summed E-state index contributed by atoms with van der Waals surface area (Å²) in [6.07, 6.45) is 3.79. The molecule has 4 heterocycles. The molecule has 9 nitrogen and oxygen atoms in total. The van der Waals surface area contributed by atoms with Crippen LogP contribution in [0.3, 0.4) is 0 Å². The van der Waals surface area contributed by atoms with Crippen LogP contribution in [-0.4, -0.2) is 83.0 Å². The van der Waals surface area contributed by atoms with Gasteiger partial charge in [-0.25, -0.2) is 0 Å². The monoisotopic (exact) mass is 554 g/mol. The van der Waals surface area contributed by atoms with Gasteiger partial charge in [-0.1, -0.05) is 49.0 Å². The second-order valence-corrected chi connectivity index (χ2v) is 11.3. The molecule has 2 fully saturated rings. The molecule has 9 heteroatoms. The normalized spacial score (nSPS) is 24.1. The van der Waals surface area contributed by atoms with Crippen LogP contribution in [-0.2, 0) is 17.8 Å². The molecule has 41 heavy (non-hydrogen) atoms. The number of aromatic nitrogens is 2. The first-order chi connectivity index (χ1) is 20.1. The first-order valence-corrected chi connectivity index (χ1v) is 14.6. The van der Waals surface area contributed by atoms with Crippen LogP contribution in [0.2, 0.25) is 0 Å². The number of hydrogen-bond donors (Lipinski definition) is 1. The third kappa shape index (κ3) is 5.66. The summed E-state index contributed by atoms with van der Waals surface area (Å²) in [5.41, 5.74) is 3.07. The minimum atomic E-state index is -0.790. The zero-order valence-electron chi connectivity index (χ0n) is 23.7. The van der Waals surface area contributed by atoms with Crippen molar-refractivity contribution in [2.75, 3.05) is 44.7 Å². The Hall–Kier alpha value is -3.55. The predicted octanol–water partition coefficient (Wildman–Crippen LogP) is 3.83. The molecule has 0 amide bonds. The van der Waals surface area contributed by atoms with Gasteiger partial charge in [0.1, 0.15) is 18.7 Å². The number of anilines is 1. The number of benzene rings is 2. The molecule has 2 aromatic carbocycles. The van der Waals surface area contributed by atoms with Gasteiger partial charge >= 0.3 is 6.01 Å². The molecule has 0 radical (unpaired) electrons. The molecule has 1 N–H and O–H groups in total. The van der Waals surface area contributed by atoms with E-state index in [1.807, 2.05) is 4.90 Å². The number of likely N-dealkylation sites (N-methyl/N-ethyl adjacent to an activating group) is 1. The van der Waals surface area contributed by atoms with Gasteiger partial charge in [0.25, 0.3) is 0 Å². The summed E-state index contributed by atoms with van der Waals surface area (Å²) in [7, 11) is 2.14. The van der Waals surface area contributed by atoms with Crippen molar-refractivity contribution in [1.29, 1.82) is 5.26 Å². The van der Waals surface area contributed by atoms with Crippen molar-refractivity contribution in [2.45, 2.75) is 56.7 Å². The summed E-state index contributed by atoms with van der Waals surface area (Å²) in [6, 6.07) is 17.6. The Morgan fingerprint density at radius 3 is 2.83 bits per heavy atom. The zero-order valence-corrected chi connectivity index (χ0v) is 23.7. The summed E-state index contributed by atoms with van der Waals surface area (Å²) in [5.74, 6) is 0.803. The lowest BCUT2D eigenvalue weighted by Gasteiger charge is -2.43. The van der Waals surface area contributed by atoms with E-state index in [4.69, 9.17) is 19.4 Å². The summed E-state index contributed by atoms with van der Waals surface area (Å²) in [4.78, 5) is 16.4. The quantitative estimate of drug-likeness (QED) is 0.417. The van der Waals surface area contributed by atoms with E-state index in [2.05, 4.69) is 72.0 Å². The number of aliphatic hydroxyl groups excluding tert-OH is 1. The molecule has 0 spiro atoms. The largest absolute Gasteiger partial charge is 0.462 e. The molecule has 1 unspecified atom stereocenters. The number of rotatable bonds is 8. The topological polar surface area (TPSA) is 98.0 Å². The van der Waals surface area contributed by atoms with Crippen molar-refractivity contribution < 1.29 is 14.6 Å². The van der Waals surface area contributed by atoms with E-state index in [9.17, 15) is 10.4 Å². The molecule has 214 valence electrons. The van der Waals surface area contributed by atoms with Crippen LogP contribution in [0.4, 0.5) is 5.82 Å². The summed E-state index contributed by atoms with van der Waals surface area (Å²) in [6.45, 7) is 7.55. The van der Waals surface area contributed by atoms with Gasteiger partial charge < -0.3 is 24.4 Å².